The number of hydrogen-bond acceptors (Lipinski definition) is 4. The molecule has 0 bridgehead atoms. The molecule has 1 heterocycles. The number of carbonyl (C=O) groups excluding carboxylic acids is 2. The zero-order valence-electron chi connectivity index (χ0n) is 19.0. The zero-order valence-corrected chi connectivity index (χ0v) is 19.8. The van der Waals surface area contributed by atoms with E-state index in [1.807, 2.05) is 19.1 Å². The van der Waals surface area contributed by atoms with Gasteiger partial charge in [0.2, 0.25) is 15.9 Å². The summed E-state index contributed by atoms with van der Waals surface area (Å²) in [4.78, 5) is 27.0. The molecule has 182 valence electrons. The summed E-state index contributed by atoms with van der Waals surface area (Å²) < 4.78 is 38.7. The van der Waals surface area contributed by atoms with E-state index in [2.05, 4.69) is 10.6 Å². The molecule has 35 heavy (non-hydrogen) atoms. The maximum absolute atomic E-state index is 14.9. The van der Waals surface area contributed by atoms with Crippen LogP contribution in [0.5, 0.6) is 0 Å². The number of amides is 3. The molecule has 4 N–H and O–H groups in total. The summed E-state index contributed by atoms with van der Waals surface area (Å²) in [5.74, 6) is -1.24. The van der Waals surface area contributed by atoms with Crippen LogP contribution < -0.4 is 15.8 Å². The lowest BCUT2D eigenvalue weighted by molar-refractivity contribution is -0.119. The fourth-order valence-corrected chi connectivity index (χ4v) is 4.83. The number of aryl methyl sites for hydroxylation is 1. The number of hydrogen-bond donors (Lipinski definition) is 3. The number of benzene rings is 3. The normalized spacial score (nSPS) is 15.6. The van der Waals surface area contributed by atoms with Crippen molar-refractivity contribution >= 4 is 33.3 Å². The summed E-state index contributed by atoms with van der Waals surface area (Å²) in [5, 5.41) is 10.6. The first-order valence-corrected chi connectivity index (χ1v) is 12.5. The molecule has 3 aromatic carbocycles. The standard InChI is InChI=1S/C25H25FN4O4S/c1-16-8-11-18(12-9-16)28-25(32)30-14-4-6-22(30)24(31)29-21-13-10-17(15-20(21)26)19-5-2-3-7-23(19)35(27,33)34/h2-3,5,7-13,15,22H,4,6,14H2,1H3,(H,28,32)(H,29,31)(H2,27,33,34). The smallest absolute Gasteiger partial charge is 0.322 e. The van der Waals surface area contributed by atoms with Crippen LogP contribution in [0.1, 0.15) is 18.4 Å². The van der Waals surface area contributed by atoms with Crippen molar-refractivity contribution in [2.24, 2.45) is 5.14 Å². The van der Waals surface area contributed by atoms with Crippen LogP contribution >= 0.6 is 0 Å². The van der Waals surface area contributed by atoms with E-state index in [0.717, 1.165) is 11.6 Å². The Morgan fingerprint density at radius 2 is 1.74 bits per heavy atom. The molecule has 3 amide bonds. The van der Waals surface area contributed by atoms with Crippen molar-refractivity contribution in [2.75, 3.05) is 17.2 Å². The highest BCUT2D eigenvalue weighted by atomic mass is 32.2. The third-order valence-electron chi connectivity index (χ3n) is 5.85. The average molecular weight is 497 g/mol. The number of carbonyl (C=O) groups is 2. The third kappa shape index (κ3) is 5.50. The van der Waals surface area contributed by atoms with E-state index >= 15 is 0 Å². The molecule has 0 aromatic heterocycles. The van der Waals surface area contributed by atoms with E-state index in [4.69, 9.17) is 5.14 Å². The molecule has 0 saturated carbocycles. The minimum atomic E-state index is -4.01. The fourth-order valence-electron chi connectivity index (χ4n) is 4.07. The number of halogens is 1. The Kier molecular flexibility index (Phi) is 6.86. The van der Waals surface area contributed by atoms with Crippen LogP contribution in [0.2, 0.25) is 0 Å². The average Bonchev–Trinajstić information content (AvgIpc) is 3.32. The number of nitrogens with zero attached hydrogens (tertiary/aromatic N) is 1. The number of likely N-dealkylation sites (tertiary alicyclic amines) is 1. The Morgan fingerprint density at radius 1 is 1.03 bits per heavy atom. The first-order chi connectivity index (χ1) is 16.6. The van der Waals surface area contributed by atoms with Crippen molar-refractivity contribution in [1.82, 2.24) is 4.90 Å². The second-order valence-corrected chi connectivity index (χ2v) is 9.90. The van der Waals surface area contributed by atoms with Gasteiger partial charge in [-0.3, -0.25) is 4.79 Å². The van der Waals surface area contributed by atoms with Gasteiger partial charge in [0.05, 0.1) is 10.6 Å². The molecule has 0 spiro atoms. The fraction of sp³-hybridized carbons (Fsp3) is 0.200. The first-order valence-electron chi connectivity index (χ1n) is 11.0. The van der Waals surface area contributed by atoms with Gasteiger partial charge in [0, 0.05) is 17.8 Å². The molecule has 1 saturated heterocycles. The van der Waals surface area contributed by atoms with Gasteiger partial charge >= 0.3 is 6.03 Å². The highest BCUT2D eigenvalue weighted by Gasteiger charge is 2.34. The van der Waals surface area contributed by atoms with Crippen molar-refractivity contribution in [3.8, 4) is 11.1 Å². The van der Waals surface area contributed by atoms with Crippen LogP contribution in [0, 0.1) is 12.7 Å². The maximum Gasteiger partial charge on any atom is 0.322 e. The molecule has 4 rings (SSSR count). The van der Waals surface area contributed by atoms with Gasteiger partial charge in [0.15, 0.2) is 0 Å². The molecule has 1 aliphatic rings. The largest absolute Gasteiger partial charge is 0.322 e. The highest BCUT2D eigenvalue weighted by molar-refractivity contribution is 7.89. The summed E-state index contributed by atoms with van der Waals surface area (Å²) in [6.45, 7) is 2.35. The molecular formula is C25H25FN4O4S. The Morgan fingerprint density at radius 3 is 2.43 bits per heavy atom. The number of rotatable bonds is 5. The SMILES string of the molecule is Cc1ccc(NC(=O)N2CCCC2C(=O)Nc2ccc(-c3ccccc3S(N)(=O)=O)cc2F)cc1. The van der Waals surface area contributed by atoms with Gasteiger partial charge in [0.1, 0.15) is 11.9 Å². The minimum Gasteiger partial charge on any atom is -0.322 e. The topological polar surface area (TPSA) is 122 Å². The lowest BCUT2D eigenvalue weighted by atomic mass is 10.0. The Labute approximate surface area is 203 Å². The van der Waals surface area contributed by atoms with E-state index in [-0.39, 0.29) is 16.1 Å². The quantitative estimate of drug-likeness (QED) is 0.493. The number of nitrogens with two attached hydrogens (primary N) is 1. The summed E-state index contributed by atoms with van der Waals surface area (Å²) in [7, 11) is -4.01. The second kappa shape index (κ2) is 9.85. The minimum absolute atomic E-state index is 0.0716. The van der Waals surface area contributed by atoms with Crippen LogP contribution in [-0.4, -0.2) is 37.8 Å². The number of anilines is 2. The van der Waals surface area contributed by atoms with E-state index in [1.54, 1.807) is 18.2 Å². The van der Waals surface area contributed by atoms with Crippen LogP contribution in [0.4, 0.5) is 20.6 Å². The molecule has 0 aliphatic carbocycles. The molecule has 1 atom stereocenters. The summed E-state index contributed by atoms with van der Waals surface area (Å²) in [6, 6.07) is 16.2. The Balaban J connectivity index is 1.49. The molecule has 1 unspecified atom stereocenters. The molecule has 8 nitrogen and oxygen atoms in total. The van der Waals surface area contributed by atoms with Crippen LogP contribution in [0.25, 0.3) is 11.1 Å². The summed E-state index contributed by atoms with van der Waals surface area (Å²) in [6.07, 6.45) is 1.10. The lowest BCUT2D eigenvalue weighted by Gasteiger charge is -2.24. The zero-order chi connectivity index (χ0) is 25.2. The molecule has 1 fully saturated rings. The first kappa shape index (κ1) is 24.4. The Hall–Kier alpha value is -3.76. The van der Waals surface area contributed by atoms with Gasteiger partial charge < -0.3 is 15.5 Å². The molecule has 10 heteroatoms. The molecular weight excluding hydrogens is 471 g/mol. The highest BCUT2D eigenvalue weighted by Crippen LogP contribution is 2.30. The van der Waals surface area contributed by atoms with Crippen LogP contribution in [0.15, 0.2) is 71.6 Å². The van der Waals surface area contributed by atoms with E-state index < -0.39 is 33.8 Å². The van der Waals surface area contributed by atoms with Gasteiger partial charge in [-0.1, -0.05) is 42.0 Å². The van der Waals surface area contributed by atoms with Gasteiger partial charge in [-0.25, -0.2) is 22.7 Å². The van der Waals surface area contributed by atoms with Gasteiger partial charge in [-0.2, -0.15) is 0 Å². The predicted molar refractivity (Wildman–Crippen MR) is 132 cm³/mol. The third-order valence-corrected chi connectivity index (χ3v) is 6.82. The monoisotopic (exact) mass is 496 g/mol. The lowest BCUT2D eigenvalue weighted by Crippen LogP contribution is -2.45. The van der Waals surface area contributed by atoms with Crippen molar-refractivity contribution in [3.05, 3.63) is 78.1 Å². The van der Waals surface area contributed by atoms with E-state index in [0.29, 0.717) is 30.6 Å². The van der Waals surface area contributed by atoms with Crippen molar-refractivity contribution < 1.29 is 22.4 Å². The molecule has 0 radical (unpaired) electrons. The Bertz CT molecular complexity index is 1380. The van der Waals surface area contributed by atoms with Crippen LogP contribution in [0.3, 0.4) is 0 Å². The van der Waals surface area contributed by atoms with Crippen molar-refractivity contribution in [1.29, 1.82) is 0 Å². The van der Waals surface area contributed by atoms with Crippen LogP contribution in [-0.2, 0) is 14.8 Å². The second-order valence-electron chi connectivity index (χ2n) is 8.37. The van der Waals surface area contributed by atoms with E-state index in [1.165, 1.54) is 35.2 Å². The number of nitrogens with one attached hydrogen (secondary N) is 2. The summed E-state index contributed by atoms with van der Waals surface area (Å²) >= 11 is 0. The van der Waals surface area contributed by atoms with Gasteiger partial charge in [-0.05, 0) is 55.7 Å². The molecule has 1 aliphatic heterocycles. The predicted octanol–water partition coefficient (Wildman–Crippen LogP) is 4.08. The van der Waals surface area contributed by atoms with E-state index in [9.17, 15) is 22.4 Å². The number of urea groups is 1. The van der Waals surface area contributed by atoms with Crippen molar-refractivity contribution in [3.63, 3.8) is 0 Å². The molecule has 3 aromatic rings. The van der Waals surface area contributed by atoms with Crippen molar-refractivity contribution in [2.45, 2.75) is 30.7 Å². The van der Waals surface area contributed by atoms with Gasteiger partial charge in [-0.15, -0.1) is 0 Å². The van der Waals surface area contributed by atoms with Gasteiger partial charge in [0.25, 0.3) is 0 Å². The maximum atomic E-state index is 14.9. The number of sulfonamides is 1. The number of primary sulfonamides is 1. The summed E-state index contributed by atoms with van der Waals surface area (Å²) in [5.41, 5.74) is 2.15.